The Hall–Kier alpha value is -3.23. The second kappa shape index (κ2) is 10.6. The van der Waals surface area contributed by atoms with Crippen LogP contribution in [0.5, 0.6) is 0 Å². The van der Waals surface area contributed by atoms with Crippen molar-refractivity contribution in [3.05, 3.63) is 59.9 Å². The summed E-state index contributed by atoms with van der Waals surface area (Å²) in [4.78, 5) is 32.1. The number of aryl methyl sites for hydroxylation is 2. The highest BCUT2D eigenvalue weighted by Gasteiger charge is 2.29. The molecular weight excluding hydrogens is 420 g/mol. The van der Waals surface area contributed by atoms with Gasteiger partial charge in [-0.3, -0.25) is 9.59 Å². The van der Waals surface area contributed by atoms with E-state index in [1.54, 1.807) is 23.4 Å². The minimum atomic E-state index is -0.301. The zero-order chi connectivity index (χ0) is 23.2. The van der Waals surface area contributed by atoms with Gasteiger partial charge in [0, 0.05) is 25.9 Å². The van der Waals surface area contributed by atoms with Crippen LogP contribution >= 0.6 is 0 Å². The molecule has 174 valence electrons. The quantitative estimate of drug-likeness (QED) is 0.550. The fraction of sp³-hybridized carbons (Fsp3) is 0.400. The molecule has 1 fully saturated rings. The lowest BCUT2D eigenvalue weighted by atomic mass is 10.0. The first kappa shape index (κ1) is 22.9. The lowest BCUT2D eigenvalue weighted by Gasteiger charge is -2.35. The Bertz CT molecular complexity index is 1110. The van der Waals surface area contributed by atoms with Gasteiger partial charge >= 0.3 is 0 Å². The molecule has 3 aromatic rings. The number of hydrogen-bond donors (Lipinski definition) is 2. The standard InChI is InChI=1S/C25H30N4O4/c1-33-16-23(31)27-19-13-21(25(32)29-11-6-5-9-20(29)15-30)24-22(14-19)26-17-28(24)12-10-18-7-3-2-4-8-18/h2-4,7-8,13-14,17,20,30H,5-6,9-12,15-16H2,1H3,(H,27,31)/t20-/m1/s1. The Kier molecular flexibility index (Phi) is 7.36. The number of benzene rings is 2. The SMILES string of the molecule is COCC(=O)Nc1cc(C(=O)N2CCCC[C@@H]2CO)c2c(c1)ncn2CCc1ccccc1. The van der Waals surface area contributed by atoms with E-state index in [4.69, 9.17) is 4.74 Å². The van der Waals surface area contributed by atoms with Crippen molar-refractivity contribution in [2.24, 2.45) is 0 Å². The number of rotatable bonds is 8. The Morgan fingerprint density at radius 1 is 1.21 bits per heavy atom. The molecule has 0 aliphatic carbocycles. The van der Waals surface area contributed by atoms with Gasteiger partial charge in [0.15, 0.2) is 0 Å². The van der Waals surface area contributed by atoms with E-state index in [-0.39, 0.29) is 31.1 Å². The monoisotopic (exact) mass is 450 g/mol. The van der Waals surface area contributed by atoms with E-state index in [9.17, 15) is 14.7 Å². The van der Waals surface area contributed by atoms with E-state index in [1.807, 2.05) is 22.8 Å². The molecule has 0 radical (unpaired) electrons. The molecule has 2 N–H and O–H groups in total. The fourth-order valence-electron chi connectivity index (χ4n) is 4.45. The molecule has 0 unspecified atom stereocenters. The Labute approximate surface area is 193 Å². The predicted octanol–water partition coefficient (Wildman–Crippen LogP) is 2.85. The number of hydrogen-bond acceptors (Lipinski definition) is 5. The number of ether oxygens (including phenoxy) is 1. The van der Waals surface area contributed by atoms with E-state index < -0.39 is 0 Å². The topological polar surface area (TPSA) is 96.7 Å². The summed E-state index contributed by atoms with van der Waals surface area (Å²) in [6, 6.07) is 13.5. The third-order valence-electron chi connectivity index (χ3n) is 6.09. The average molecular weight is 451 g/mol. The molecule has 4 rings (SSSR count). The maximum Gasteiger partial charge on any atom is 0.256 e. The van der Waals surface area contributed by atoms with E-state index in [1.165, 1.54) is 12.7 Å². The van der Waals surface area contributed by atoms with Gasteiger partial charge in [0.2, 0.25) is 5.91 Å². The molecule has 33 heavy (non-hydrogen) atoms. The van der Waals surface area contributed by atoms with Crippen molar-refractivity contribution in [2.75, 3.05) is 32.2 Å². The van der Waals surface area contributed by atoms with Gasteiger partial charge in [-0.1, -0.05) is 30.3 Å². The zero-order valence-corrected chi connectivity index (χ0v) is 18.9. The van der Waals surface area contributed by atoms with E-state index >= 15 is 0 Å². The fourth-order valence-corrected chi connectivity index (χ4v) is 4.45. The molecule has 0 spiro atoms. The van der Waals surface area contributed by atoms with E-state index in [0.717, 1.165) is 31.2 Å². The van der Waals surface area contributed by atoms with Gasteiger partial charge in [-0.15, -0.1) is 0 Å². The summed E-state index contributed by atoms with van der Waals surface area (Å²) in [6.07, 6.45) is 5.22. The number of likely N-dealkylation sites (tertiary alicyclic amines) is 1. The highest BCUT2D eigenvalue weighted by molar-refractivity contribution is 6.07. The van der Waals surface area contributed by atoms with Crippen molar-refractivity contribution in [3.63, 3.8) is 0 Å². The summed E-state index contributed by atoms with van der Waals surface area (Å²) in [5.74, 6) is -0.451. The van der Waals surface area contributed by atoms with Crippen LogP contribution in [0.3, 0.4) is 0 Å². The molecule has 0 saturated carbocycles. The molecule has 1 saturated heterocycles. The van der Waals surface area contributed by atoms with Crippen molar-refractivity contribution in [3.8, 4) is 0 Å². The van der Waals surface area contributed by atoms with Crippen LogP contribution in [0.15, 0.2) is 48.8 Å². The largest absolute Gasteiger partial charge is 0.394 e. The number of nitrogens with one attached hydrogen (secondary N) is 1. The van der Waals surface area contributed by atoms with Crippen molar-refractivity contribution in [2.45, 2.75) is 38.3 Å². The number of aromatic nitrogens is 2. The maximum atomic E-state index is 13.7. The van der Waals surface area contributed by atoms with Crippen LogP contribution in [0.2, 0.25) is 0 Å². The Morgan fingerprint density at radius 2 is 2.03 bits per heavy atom. The highest BCUT2D eigenvalue weighted by atomic mass is 16.5. The minimum absolute atomic E-state index is 0.0631. The number of aliphatic hydroxyl groups excluding tert-OH is 1. The molecule has 8 heteroatoms. The average Bonchev–Trinajstić information content (AvgIpc) is 3.25. The number of carbonyl (C=O) groups is 2. The first-order valence-corrected chi connectivity index (χ1v) is 11.3. The van der Waals surface area contributed by atoms with E-state index in [0.29, 0.717) is 29.9 Å². The summed E-state index contributed by atoms with van der Waals surface area (Å²) >= 11 is 0. The van der Waals surface area contributed by atoms with Crippen LogP contribution in [-0.2, 0) is 22.5 Å². The van der Waals surface area contributed by atoms with Gasteiger partial charge in [0.25, 0.3) is 5.91 Å². The molecule has 1 atom stereocenters. The number of fused-ring (bicyclic) bond motifs is 1. The summed E-state index contributed by atoms with van der Waals surface area (Å²) < 4.78 is 6.90. The van der Waals surface area contributed by atoms with Crippen LogP contribution in [0.1, 0.15) is 35.2 Å². The van der Waals surface area contributed by atoms with E-state index in [2.05, 4.69) is 22.4 Å². The molecule has 2 aromatic carbocycles. The molecule has 8 nitrogen and oxygen atoms in total. The van der Waals surface area contributed by atoms with Crippen molar-refractivity contribution in [1.82, 2.24) is 14.5 Å². The van der Waals surface area contributed by atoms with Crippen molar-refractivity contribution >= 4 is 28.5 Å². The number of methoxy groups -OCH3 is 1. The second-order valence-electron chi connectivity index (χ2n) is 8.38. The Balaban J connectivity index is 1.71. The summed E-state index contributed by atoms with van der Waals surface area (Å²) in [5.41, 5.74) is 3.55. The number of amides is 2. The minimum Gasteiger partial charge on any atom is -0.394 e. The number of nitrogens with zero attached hydrogens (tertiary/aromatic N) is 3. The van der Waals surface area contributed by atoms with Gasteiger partial charge in [-0.2, -0.15) is 0 Å². The maximum absolute atomic E-state index is 13.7. The number of carbonyl (C=O) groups excluding carboxylic acids is 2. The number of aliphatic hydroxyl groups is 1. The molecule has 2 amide bonds. The number of piperidine rings is 1. The van der Waals surface area contributed by atoms with Gasteiger partial charge in [-0.25, -0.2) is 4.98 Å². The van der Waals surface area contributed by atoms with Crippen LogP contribution in [-0.4, -0.2) is 64.3 Å². The van der Waals surface area contributed by atoms with Gasteiger partial charge < -0.3 is 24.6 Å². The third-order valence-corrected chi connectivity index (χ3v) is 6.09. The Morgan fingerprint density at radius 3 is 2.79 bits per heavy atom. The van der Waals surface area contributed by atoms with Gasteiger partial charge in [0.1, 0.15) is 6.61 Å². The van der Waals surface area contributed by atoms with Crippen molar-refractivity contribution < 1.29 is 19.4 Å². The lowest BCUT2D eigenvalue weighted by Crippen LogP contribution is -2.45. The third kappa shape index (κ3) is 5.23. The number of anilines is 1. The first-order valence-electron chi connectivity index (χ1n) is 11.3. The van der Waals surface area contributed by atoms with Crippen LogP contribution < -0.4 is 5.32 Å². The number of imidazole rings is 1. The summed E-state index contributed by atoms with van der Waals surface area (Å²) in [7, 11) is 1.46. The molecule has 1 aliphatic rings. The second-order valence-corrected chi connectivity index (χ2v) is 8.38. The van der Waals surface area contributed by atoms with Crippen LogP contribution in [0, 0.1) is 0 Å². The lowest BCUT2D eigenvalue weighted by molar-refractivity contribution is -0.119. The summed E-state index contributed by atoms with van der Waals surface area (Å²) in [6.45, 7) is 1.13. The molecular formula is C25H30N4O4. The van der Waals surface area contributed by atoms with Crippen molar-refractivity contribution in [1.29, 1.82) is 0 Å². The first-order chi connectivity index (χ1) is 16.1. The highest BCUT2D eigenvalue weighted by Crippen LogP contribution is 2.28. The van der Waals surface area contributed by atoms with Gasteiger partial charge in [-0.05, 0) is 43.4 Å². The molecule has 0 bridgehead atoms. The normalized spacial score (nSPS) is 16.2. The molecule has 2 heterocycles. The predicted molar refractivity (Wildman–Crippen MR) is 126 cm³/mol. The molecule has 1 aromatic heterocycles. The van der Waals surface area contributed by atoms with Crippen LogP contribution in [0.4, 0.5) is 5.69 Å². The van der Waals surface area contributed by atoms with Gasteiger partial charge in [0.05, 0.1) is 35.6 Å². The molecule has 1 aliphatic heterocycles. The zero-order valence-electron chi connectivity index (χ0n) is 18.9. The van der Waals surface area contributed by atoms with Crippen LogP contribution in [0.25, 0.3) is 11.0 Å². The smallest absolute Gasteiger partial charge is 0.256 e. The summed E-state index contributed by atoms with van der Waals surface area (Å²) in [5, 5.41) is 12.6.